The molecule has 0 radical (unpaired) electrons. The van der Waals surface area contributed by atoms with Crippen LogP contribution in [0.5, 0.6) is 5.75 Å². The van der Waals surface area contributed by atoms with E-state index in [0.29, 0.717) is 5.56 Å². The van der Waals surface area contributed by atoms with Crippen molar-refractivity contribution in [3.63, 3.8) is 0 Å². The van der Waals surface area contributed by atoms with Gasteiger partial charge in [0, 0.05) is 37.0 Å². The van der Waals surface area contributed by atoms with E-state index in [-0.39, 0.29) is 55.3 Å². The van der Waals surface area contributed by atoms with E-state index >= 15 is 0 Å². The zero-order valence-electron chi connectivity index (χ0n) is 18.5. The summed E-state index contributed by atoms with van der Waals surface area (Å²) in [7, 11) is -3.64. The number of sulfone groups is 1. The fraction of sp³-hybridized carbons (Fsp3) is 0.455. The summed E-state index contributed by atoms with van der Waals surface area (Å²) >= 11 is 0. The molecule has 13 heteroatoms. The van der Waals surface area contributed by atoms with E-state index in [1.807, 2.05) is 0 Å². The number of anilines is 1. The molecule has 1 fully saturated rings. The van der Waals surface area contributed by atoms with E-state index in [9.17, 15) is 26.0 Å². The number of nitrogens with zero attached hydrogens (tertiary/aromatic N) is 2. The van der Waals surface area contributed by atoms with Crippen LogP contribution in [0, 0.1) is 11.7 Å². The molecular formula is C22H22F4N4O4S. The van der Waals surface area contributed by atoms with Crippen molar-refractivity contribution in [2.75, 3.05) is 31.4 Å². The molecule has 0 saturated carbocycles. The van der Waals surface area contributed by atoms with Crippen molar-refractivity contribution in [3.8, 4) is 5.75 Å². The highest BCUT2D eigenvalue weighted by Crippen LogP contribution is 2.49. The highest BCUT2D eigenvalue weighted by Gasteiger charge is 2.54. The van der Waals surface area contributed by atoms with E-state index in [2.05, 4.69) is 20.3 Å². The summed E-state index contributed by atoms with van der Waals surface area (Å²) in [5.74, 6) is -0.880. The fourth-order valence-electron chi connectivity index (χ4n) is 5.10. The van der Waals surface area contributed by atoms with Gasteiger partial charge >= 0.3 is 6.18 Å². The Kier molecular flexibility index (Phi) is 5.66. The van der Waals surface area contributed by atoms with Crippen LogP contribution in [0.1, 0.15) is 30.1 Å². The predicted molar refractivity (Wildman–Crippen MR) is 118 cm³/mol. The normalized spacial score (nSPS) is 22.4. The van der Waals surface area contributed by atoms with Gasteiger partial charge in [-0.05, 0) is 25.0 Å². The zero-order valence-corrected chi connectivity index (χ0v) is 19.3. The standard InChI is InChI=1S/C22H22F4N4O4S/c1-35(31,32)21(4-6-33-7-5-21)15-10-34-16-8-12(23)2-3-13(16)18(15)30-20-14-9-17(22(24,25)26)29-19(14)27-11-28-20/h2-3,8-9,11,15,18H,4-7,10H2,1H3,(H2,27,28,29,30)/t15-,18-/m0/s1. The van der Waals surface area contributed by atoms with E-state index in [1.165, 1.54) is 24.5 Å². The molecule has 0 aliphatic carbocycles. The lowest BCUT2D eigenvalue weighted by atomic mass is 9.76. The number of nitrogens with one attached hydrogen (secondary N) is 2. The van der Waals surface area contributed by atoms with Gasteiger partial charge in [0.1, 0.15) is 35.1 Å². The van der Waals surface area contributed by atoms with E-state index in [4.69, 9.17) is 9.47 Å². The third kappa shape index (κ3) is 4.10. The molecule has 2 aromatic heterocycles. The maximum atomic E-state index is 13.9. The molecule has 1 aromatic carbocycles. The second-order valence-electron chi connectivity index (χ2n) is 8.84. The van der Waals surface area contributed by atoms with Gasteiger partial charge in [-0.2, -0.15) is 13.2 Å². The van der Waals surface area contributed by atoms with Crippen molar-refractivity contribution in [2.45, 2.75) is 29.8 Å². The smallest absolute Gasteiger partial charge is 0.431 e. The average molecular weight is 515 g/mol. The highest BCUT2D eigenvalue weighted by molar-refractivity contribution is 7.92. The van der Waals surface area contributed by atoms with Crippen LogP contribution < -0.4 is 10.1 Å². The van der Waals surface area contributed by atoms with Crippen molar-refractivity contribution in [1.29, 1.82) is 0 Å². The third-order valence-electron chi connectivity index (χ3n) is 6.91. The lowest BCUT2D eigenvalue weighted by Crippen LogP contribution is -2.55. The fourth-order valence-corrected chi connectivity index (χ4v) is 6.77. The number of halogens is 4. The van der Waals surface area contributed by atoms with Crippen LogP contribution in [-0.4, -0.2) is 54.2 Å². The Labute approximate surface area is 198 Å². The molecule has 0 spiro atoms. The Balaban J connectivity index is 1.64. The SMILES string of the molecule is CS(=O)(=O)C1([C@H]2COc3cc(F)ccc3[C@@H]2Nc2ncnc3[nH]c(C(F)(F)F)cc23)CCOCC1. The number of benzene rings is 1. The molecule has 2 atom stereocenters. The number of hydrogen-bond donors (Lipinski definition) is 2. The van der Waals surface area contributed by atoms with Crippen LogP contribution in [0.3, 0.4) is 0 Å². The molecule has 0 unspecified atom stereocenters. The third-order valence-corrected chi connectivity index (χ3v) is 9.10. The highest BCUT2D eigenvalue weighted by atomic mass is 32.2. The Hall–Kier alpha value is -2.93. The number of alkyl halides is 3. The van der Waals surface area contributed by atoms with Crippen molar-refractivity contribution in [2.24, 2.45) is 5.92 Å². The Morgan fingerprint density at radius 2 is 1.91 bits per heavy atom. The molecule has 5 rings (SSSR count). The van der Waals surface area contributed by atoms with Crippen molar-refractivity contribution in [3.05, 3.63) is 47.7 Å². The van der Waals surface area contributed by atoms with Gasteiger partial charge in [0.15, 0.2) is 9.84 Å². The lowest BCUT2D eigenvalue weighted by Gasteiger charge is -2.47. The largest absolute Gasteiger partial charge is 0.493 e. The number of aromatic amines is 1. The molecule has 2 aliphatic heterocycles. The first-order valence-corrected chi connectivity index (χ1v) is 12.8. The minimum Gasteiger partial charge on any atom is -0.493 e. The molecule has 35 heavy (non-hydrogen) atoms. The quantitative estimate of drug-likeness (QED) is 0.509. The molecule has 3 aromatic rings. The first-order valence-electron chi connectivity index (χ1n) is 10.9. The molecule has 1 saturated heterocycles. The summed E-state index contributed by atoms with van der Waals surface area (Å²) < 4.78 is 90.2. The van der Waals surface area contributed by atoms with Crippen molar-refractivity contribution < 1.29 is 35.5 Å². The van der Waals surface area contributed by atoms with Crippen LogP contribution >= 0.6 is 0 Å². The number of fused-ring (bicyclic) bond motifs is 2. The van der Waals surface area contributed by atoms with E-state index in [0.717, 1.165) is 12.4 Å². The second-order valence-corrected chi connectivity index (χ2v) is 11.2. The Morgan fingerprint density at radius 3 is 2.60 bits per heavy atom. The van der Waals surface area contributed by atoms with Crippen LogP contribution in [0.2, 0.25) is 0 Å². The number of hydrogen-bond acceptors (Lipinski definition) is 7. The monoisotopic (exact) mass is 514 g/mol. The summed E-state index contributed by atoms with van der Waals surface area (Å²) in [6.45, 7) is 0.421. The van der Waals surface area contributed by atoms with Gasteiger partial charge < -0.3 is 19.8 Å². The summed E-state index contributed by atoms with van der Waals surface area (Å²) in [4.78, 5) is 10.3. The topological polar surface area (TPSA) is 106 Å². The molecule has 0 amide bonds. The van der Waals surface area contributed by atoms with Gasteiger partial charge in [-0.25, -0.2) is 22.8 Å². The molecule has 4 heterocycles. The minimum absolute atomic E-state index is 0.0262. The number of H-pyrrole nitrogens is 1. The number of ether oxygens (including phenoxy) is 2. The summed E-state index contributed by atoms with van der Waals surface area (Å²) in [6, 6.07) is 4.06. The van der Waals surface area contributed by atoms with E-state index in [1.54, 1.807) is 0 Å². The van der Waals surface area contributed by atoms with E-state index < -0.39 is 44.2 Å². The summed E-state index contributed by atoms with van der Waals surface area (Å²) in [5.41, 5.74) is -0.531. The first kappa shape index (κ1) is 23.8. The zero-order chi connectivity index (χ0) is 25.0. The molecular weight excluding hydrogens is 492 g/mol. The van der Waals surface area contributed by atoms with Crippen molar-refractivity contribution >= 4 is 26.7 Å². The van der Waals surface area contributed by atoms with Crippen LogP contribution in [0.25, 0.3) is 11.0 Å². The van der Waals surface area contributed by atoms with Crippen LogP contribution in [0.15, 0.2) is 30.6 Å². The first-order chi connectivity index (χ1) is 16.5. The average Bonchev–Trinajstić information content (AvgIpc) is 3.25. The van der Waals surface area contributed by atoms with Gasteiger partial charge in [0.05, 0.1) is 22.8 Å². The molecule has 188 valence electrons. The van der Waals surface area contributed by atoms with Gasteiger partial charge in [-0.15, -0.1) is 0 Å². The van der Waals surface area contributed by atoms with Crippen molar-refractivity contribution in [1.82, 2.24) is 15.0 Å². The summed E-state index contributed by atoms with van der Waals surface area (Å²) in [5, 5.41) is 3.25. The van der Waals surface area contributed by atoms with Crippen LogP contribution in [0.4, 0.5) is 23.4 Å². The van der Waals surface area contributed by atoms with Gasteiger partial charge in [0.25, 0.3) is 0 Å². The minimum atomic E-state index is -4.62. The van der Waals surface area contributed by atoms with Gasteiger partial charge in [0.2, 0.25) is 0 Å². The maximum Gasteiger partial charge on any atom is 0.431 e. The molecule has 8 nitrogen and oxygen atoms in total. The molecule has 2 aliphatic rings. The Bertz CT molecular complexity index is 1370. The second kappa shape index (κ2) is 8.33. The lowest BCUT2D eigenvalue weighted by molar-refractivity contribution is -0.140. The van der Waals surface area contributed by atoms with Crippen LogP contribution in [-0.2, 0) is 20.8 Å². The summed E-state index contributed by atoms with van der Waals surface area (Å²) in [6.07, 6.45) is -1.90. The predicted octanol–water partition coefficient (Wildman–Crippen LogP) is 3.87. The maximum absolute atomic E-state index is 13.9. The number of rotatable bonds is 4. The number of aromatic nitrogens is 3. The van der Waals surface area contributed by atoms with Gasteiger partial charge in [-0.1, -0.05) is 6.07 Å². The molecule has 2 N–H and O–H groups in total. The molecule has 0 bridgehead atoms. The van der Waals surface area contributed by atoms with Gasteiger partial charge in [-0.3, -0.25) is 0 Å². The Morgan fingerprint density at radius 1 is 1.17 bits per heavy atom.